The molecule has 1 N–H and O–H groups in total. The predicted octanol–water partition coefficient (Wildman–Crippen LogP) is 0.550. The Kier molecular flexibility index (Phi) is 5.37. The minimum Gasteiger partial charge on any atom is -0.319 e. The zero-order chi connectivity index (χ0) is 12.9. The fraction of sp³-hybridized carbons (Fsp3) is 0.909. The predicted molar refractivity (Wildman–Crippen MR) is 66.8 cm³/mol. The van der Waals surface area contributed by atoms with E-state index in [-0.39, 0.29) is 0 Å². The van der Waals surface area contributed by atoms with E-state index in [0.717, 1.165) is 19.4 Å². The Balaban J connectivity index is 2.62. The van der Waals surface area contributed by atoms with Crippen LogP contribution >= 0.6 is 0 Å². The van der Waals surface area contributed by atoms with E-state index in [4.69, 9.17) is 5.26 Å². The Labute approximate surface area is 104 Å². The molecule has 0 aliphatic carbocycles. The van der Waals surface area contributed by atoms with Gasteiger partial charge in [-0.1, -0.05) is 6.92 Å². The van der Waals surface area contributed by atoms with Gasteiger partial charge in [0, 0.05) is 13.1 Å². The van der Waals surface area contributed by atoms with Crippen molar-refractivity contribution in [2.45, 2.75) is 31.4 Å². The van der Waals surface area contributed by atoms with Gasteiger partial charge in [0.05, 0.1) is 6.07 Å². The summed E-state index contributed by atoms with van der Waals surface area (Å²) >= 11 is 0. The van der Waals surface area contributed by atoms with Gasteiger partial charge in [-0.2, -0.15) is 5.26 Å². The second-order valence-electron chi connectivity index (χ2n) is 4.47. The maximum absolute atomic E-state index is 12.1. The van der Waals surface area contributed by atoms with Gasteiger partial charge in [0.25, 0.3) is 0 Å². The molecule has 1 aliphatic heterocycles. The summed E-state index contributed by atoms with van der Waals surface area (Å²) in [6.45, 7) is 3.77. The molecular formula is C11H21N3O2S. The molecule has 1 aliphatic rings. The molecule has 0 spiro atoms. The lowest BCUT2D eigenvalue weighted by Gasteiger charge is -2.32. The molecule has 1 heterocycles. The van der Waals surface area contributed by atoms with Crippen molar-refractivity contribution >= 4 is 10.0 Å². The second-order valence-corrected chi connectivity index (χ2v) is 6.59. The van der Waals surface area contributed by atoms with Crippen LogP contribution in [-0.4, -0.2) is 44.7 Å². The van der Waals surface area contributed by atoms with Crippen molar-refractivity contribution in [3.8, 4) is 6.07 Å². The van der Waals surface area contributed by atoms with E-state index >= 15 is 0 Å². The molecule has 0 aromatic rings. The van der Waals surface area contributed by atoms with Gasteiger partial charge in [0.15, 0.2) is 5.25 Å². The second kappa shape index (κ2) is 6.34. The largest absolute Gasteiger partial charge is 0.319 e. The standard InChI is InChI=1S/C11H21N3O2S/c1-3-11(8-12)17(15,16)14-6-4-10(5-7-14)9-13-2/h10-11,13H,3-7,9H2,1-2H3. The molecule has 1 rings (SSSR count). The third-order valence-electron chi connectivity index (χ3n) is 3.30. The molecule has 0 amide bonds. The van der Waals surface area contributed by atoms with Crippen LogP contribution in [0.5, 0.6) is 0 Å². The Morgan fingerprint density at radius 3 is 2.47 bits per heavy atom. The lowest BCUT2D eigenvalue weighted by atomic mass is 9.98. The van der Waals surface area contributed by atoms with Gasteiger partial charge in [0.2, 0.25) is 10.0 Å². The molecule has 1 unspecified atom stereocenters. The van der Waals surface area contributed by atoms with Crippen molar-refractivity contribution in [2.24, 2.45) is 5.92 Å². The van der Waals surface area contributed by atoms with Crippen LogP contribution < -0.4 is 5.32 Å². The van der Waals surface area contributed by atoms with Crippen LogP contribution in [0.2, 0.25) is 0 Å². The summed E-state index contributed by atoms with van der Waals surface area (Å²) in [4.78, 5) is 0. The number of nitrogens with zero attached hydrogens (tertiary/aromatic N) is 2. The molecule has 0 aromatic heterocycles. The van der Waals surface area contributed by atoms with Crippen LogP contribution in [0.4, 0.5) is 0 Å². The Hall–Kier alpha value is -0.640. The molecular weight excluding hydrogens is 238 g/mol. The number of nitriles is 1. The number of sulfonamides is 1. The monoisotopic (exact) mass is 259 g/mol. The highest BCUT2D eigenvalue weighted by Gasteiger charge is 2.33. The molecule has 1 atom stereocenters. The van der Waals surface area contributed by atoms with E-state index < -0.39 is 15.3 Å². The fourth-order valence-corrected chi connectivity index (χ4v) is 3.84. The molecule has 1 saturated heterocycles. The van der Waals surface area contributed by atoms with Gasteiger partial charge in [0.1, 0.15) is 0 Å². The quantitative estimate of drug-likeness (QED) is 0.782. The molecule has 0 saturated carbocycles. The Bertz CT molecular complexity index is 367. The van der Waals surface area contributed by atoms with E-state index in [9.17, 15) is 8.42 Å². The third kappa shape index (κ3) is 3.41. The summed E-state index contributed by atoms with van der Waals surface area (Å²) in [6.07, 6.45) is 2.11. The summed E-state index contributed by atoms with van der Waals surface area (Å²) in [6, 6.07) is 1.88. The average molecular weight is 259 g/mol. The van der Waals surface area contributed by atoms with Crippen molar-refractivity contribution in [3.63, 3.8) is 0 Å². The van der Waals surface area contributed by atoms with Gasteiger partial charge in [-0.25, -0.2) is 12.7 Å². The van der Waals surface area contributed by atoms with E-state index in [0.29, 0.717) is 25.4 Å². The van der Waals surface area contributed by atoms with Gasteiger partial charge in [-0.3, -0.25) is 0 Å². The first-order chi connectivity index (χ1) is 8.06. The smallest absolute Gasteiger partial charge is 0.230 e. The van der Waals surface area contributed by atoms with E-state index in [1.54, 1.807) is 6.92 Å². The van der Waals surface area contributed by atoms with E-state index in [1.807, 2.05) is 13.1 Å². The zero-order valence-corrected chi connectivity index (χ0v) is 11.3. The third-order valence-corrected chi connectivity index (χ3v) is 5.54. The first-order valence-corrected chi connectivity index (χ1v) is 7.59. The minimum atomic E-state index is -3.41. The number of rotatable bonds is 5. The van der Waals surface area contributed by atoms with Crippen LogP contribution in [0.1, 0.15) is 26.2 Å². The number of nitrogens with one attached hydrogen (secondary N) is 1. The normalized spacial score (nSPS) is 21.0. The SMILES string of the molecule is CCC(C#N)S(=O)(=O)N1CCC(CNC)CC1. The summed E-state index contributed by atoms with van der Waals surface area (Å²) in [5, 5.41) is 11.1. The summed E-state index contributed by atoms with van der Waals surface area (Å²) < 4.78 is 25.7. The number of hydrogen-bond acceptors (Lipinski definition) is 4. The lowest BCUT2D eigenvalue weighted by molar-refractivity contribution is 0.269. The summed E-state index contributed by atoms with van der Waals surface area (Å²) in [5.74, 6) is 0.550. The maximum atomic E-state index is 12.1. The van der Waals surface area contributed by atoms with Crippen LogP contribution in [-0.2, 0) is 10.0 Å². The number of piperidine rings is 1. The van der Waals surface area contributed by atoms with Crippen molar-refractivity contribution in [1.29, 1.82) is 5.26 Å². The van der Waals surface area contributed by atoms with Crippen LogP contribution in [0, 0.1) is 17.2 Å². The highest BCUT2D eigenvalue weighted by Crippen LogP contribution is 2.21. The average Bonchev–Trinajstić information content (AvgIpc) is 2.31. The highest BCUT2D eigenvalue weighted by atomic mass is 32.2. The first kappa shape index (κ1) is 14.4. The maximum Gasteiger partial charge on any atom is 0.230 e. The molecule has 0 aromatic carbocycles. The molecule has 1 fully saturated rings. The molecule has 0 radical (unpaired) electrons. The van der Waals surface area contributed by atoms with Gasteiger partial charge >= 0.3 is 0 Å². The first-order valence-electron chi connectivity index (χ1n) is 6.09. The minimum absolute atomic E-state index is 0.356. The molecule has 98 valence electrons. The molecule has 5 nitrogen and oxygen atoms in total. The van der Waals surface area contributed by atoms with Crippen molar-refractivity contribution in [3.05, 3.63) is 0 Å². The van der Waals surface area contributed by atoms with Crippen LogP contribution in [0.25, 0.3) is 0 Å². The van der Waals surface area contributed by atoms with Crippen LogP contribution in [0.15, 0.2) is 0 Å². The van der Waals surface area contributed by atoms with Gasteiger partial charge < -0.3 is 5.32 Å². The van der Waals surface area contributed by atoms with E-state index in [2.05, 4.69) is 5.32 Å². The van der Waals surface area contributed by atoms with Crippen molar-refractivity contribution < 1.29 is 8.42 Å². The lowest BCUT2D eigenvalue weighted by Crippen LogP contribution is -2.44. The molecule has 17 heavy (non-hydrogen) atoms. The Morgan fingerprint density at radius 2 is 2.06 bits per heavy atom. The van der Waals surface area contributed by atoms with Gasteiger partial charge in [-0.15, -0.1) is 0 Å². The Morgan fingerprint density at radius 1 is 1.47 bits per heavy atom. The fourth-order valence-electron chi connectivity index (χ4n) is 2.21. The zero-order valence-electron chi connectivity index (χ0n) is 10.5. The molecule has 6 heteroatoms. The van der Waals surface area contributed by atoms with Crippen molar-refractivity contribution in [2.75, 3.05) is 26.7 Å². The van der Waals surface area contributed by atoms with Crippen molar-refractivity contribution in [1.82, 2.24) is 9.62 Å². The summed E-state index contributed by atoms with van der Waals surface area (Å²) in [5.41, 5.74) is 0. The van der Waals surface area contributed by atoms with Gasteiger partial charge in [-0.05, 0) is 38.8 Å². The highest BCUT2D eigenvalue weighted by molar-refractivity contribution is 7.90. The number of hydrogen-bond donors (Lipinski definition) is 1. The van der Waals surface area contributed by atoms with Crippen LogP contribution in [0.3, 0.4) is 0 Å². The van der Waals surface area contributed by atoms with E-state index in [1.165, 1.54) is 4.31 Å². The molecule has 0 bridgehead atoms. The summed E-state index contributed by atoms with van der Waals surface area (Å²) in [7, 11) is -1.50. The topological polar surface area (TPSA) is 73.2 Å².